The number of morpholine rings is 1. The zero-order chi connectivity index (χ0) is 23.2. The van der Waals surface area contributed by atoms with Gasteiger partial charge in [0.25, 0.3) is 11.8 Å². The minimum Gasteiger partial charge on any atom is -0.372 e. The van der Waals surface area contributed by atoms with E-state index in [0.717, 1.165) is 11.1 Å². The molecular weight excluding hydrogens is 412 g/mol. The van der Waals surface area contributed by atoms with Crippen molar-refractivity contribution in [2.45, 2.75) is 39.0 Å². The number of hydrogen-bond donors (Lipinski definition) is 1. The van der Waals surface area contributed by atoms with Gasteiger partial charge in [0.05, 0.1) is 12.2 Å². The highest BCUT2D eigenvalue weighted by atomic mass is 16.5. The second-order valence-corrected chi connectivity index (χ2v) is 8.67. The van der Waals surface area contributed by atoms with Crippen LogP contribution in [0.15, 0.2) is 78.9 Å². The molecule has 0 bridgehead atoms. The Balaban J connectivity index is 1.37. The highest BCUT2D eigenvalue weighted by Crippen LogP contribution is 2.17. The van der Waals surface area contributed by atoms with Gasteiger partial charge in [0.15, 0.2) is 0 Å². The van der Waals surface area contributed by atoms with Gasteiger partial charge >= 0.3 is 0 Å². The van der Waals surface area contributed by atoms with Crippen LogP contribution in [0.3, 0.4) is 0 Å². The third-order valence-electron chi connectivity index (χ3n) is 5.86. The largest absolute Gasteiger partial charge is 0.372 e. The smallest absolute Gasteiger partial charge is 0.254 e. The molecule has 1 N–H and O–H groups in total. The third-order valence-corrected chi connectivity index (χ3v) is 5.86. The van der Waals surface area contributed by atoms with Crippen molar-refractivity contribution < 1.29 is 14.3 Å². The average molecular weight is 443 g/mol. The molecule has 0 saturated carbocycles. The van der Waals surface area contributed by atoms with Gasteiger partial charge in [0, 0.05) is 30.8 Å². The molecule has 5 nitrogen and oxygen atoms in total. The molecule has 1 heterocycles. The molecule has 4 rings (SSSR count). The van der Waals surface area contributed by atoms with Crippen LogP contribution in [-0.4, -0.2) is 42.0 Å². The first-order valence-electron chi connectivity index (χ1n) is 11.4. The van der Waals surface area contributed by atoms with E-state index in [4.69, 9.17) is 4.74 Å². The van der Waals surface area contributed by atoms with Gasteiger partial charge in [0.1, 0.15) is 0 Å². The summed E-state index contributed by atoms with van der Waals surface area (Å²) in [6.45, 7) is 5.57. The van der Waals surface area contributed by atoms with E-state index in [9.17, 15) is 9.59 Å². The van der Waals surface area contributed by atoms with Gasteiger partial charge in [-0.1, -0.05) is 60.7 Å². The summed E-state index contributed by atoms with van der Waals surface area (Å²) in [6.07, 6.45) is 0.786. The maximum absolute atomic E-state index is 12.9. The fraction of sp³-hybridized carbons (Fsp3) is 0.286. The standard InChI is InChI=1S/C28H30N2O3/c1-20-18-30(19-21(2)33-20)28(32)24-14-12-23(13-15-24)17-29-27(31)26-11-7-6-10-25(26)16-22-8-4-3-5-9-22/h3-15,20-21H,16-19H2,1-2H3,(H,29,31). The Hall–Kier alpha value is -3.44. The Labute approximate surface area is 195 Å². The van der Waals surface area contributed by atoms with Crippen LogP contribution >= 0.6 is 0 Å². The molecule has 1 saturated heterocycles. The summed E-state index contributed by atoms with van der Waals surface area (Å²) < 4.78 is 5.72. The highest BCUT2D eigenvalue weighted by Gasteiger charge is 2.26. The fourth-order valence-corrected chi connectivity index (χ4v) is 4.28. The van der Waals surface area contributed by atoms with Crippen molar-refractivity contribution in [2.75, 3.05) is 13.1 Å². The Kier molecular flexibility index (Phi) is 7.20. The maximum atomic E-state index is 12.9. The number of nitrogens with one attached hydrogen (secondary N) is 1. The lowest BCUT2D eigenvalue weighted by Crippen LogP contribution is -2.48. The van der Waals surface area contributed by atoms with E-state index in [1.807, 2.05) is 85.5 Å². The quantitative estimate of drug-likeness (QED) is 0.613. The second-order valence-electron chi connectivity index (χ2n) is 8.67. The molecule has 0 spiro atoms. The summed E-state index contributed by atoms with van der Waals surface area (Å²) in [7, 11) is 0. The molecule has 0 aliphatic carbocycles. The van der Waals surface area contributed by atoms with Gasteiger partial charge in [-0.15, -0.1) is 0 Å². The normalized spacial score (nSPS) is 18.1. The monoisotopic (exact) mass is 442 g/mol. The third kappa shape index (κ3) is 5.88. The molecule has 1 aliphatic heterocycles. The first-order valence-corrected chi connectivity index (χ1v) is 11.4. The molecule has 0 radical (unpaired) electrons. The molecule has 2 atom stereocenters. The van der Waals surface area contributed by atoms with Crippen molar-refractivity contribution in [1.82, 2.24) is 10.2 Å². The van der Waals surface area contributed by atoms with Crippen molar-refractivity contribution in [3.8, 4) is 0 Å². The highest BCUT2D eigenvalue weighted by molar-refractivity contribution is 5.96. The Morgan fingerprint density at radius 3 is 2.18 bits per heavy atom. The first-order chi connectivity index (χ1) is 16.0. The van der Waals surface area contributed by atoms with Gasteiger partial charge in [-0.05, 0) is 55.2 Å². The molecule has 2 unspecified atom stereocenters. The van der Waals surface area contributed by atoms with Crippen molar-refractivity contribution in [3.05, 3.63) is 107 Å². The van der Waals surface area contributed by atoms with E-state index in [1.165, 1.54) is 5.56 Å². The number of carbonyl (C=O) groups is 2. The number of benzene rings is 3. The lowest BCUT2D eigenvalue weighted by atomic mass is 9.99. The summed E-state index contributed by atoms with van der Waals surface area (Å²) in [6, 6.07) is 25.3. The molecule has 33 heavy (non-hydrogen) atoms. The van der Waals surface area contributed by atoms with Gasteiger partial charge in [-0.25, -0.2) is 0 Å². The van der Waals surface area contributed by atoms with Crippen molar-refractivity contribution in [1.29, 1.82) is 0 Å². The fourth-order valence-electron chi connectivity index (χ4n) is 4.28. The number of amides is 2. The van der Waals surface area contributed by atoms with Crippen LogP contribution in [0.5, 0.6) is 0 Å². The van der Waals surface area contributed by atoms with Crippen LogP contribution in [0.4, 0.5) is 0 Å². The molecule has 5 heteroatoms. The van der Waals surface area contributed by atoms with Gasteiger partial charge in [0.2, 0.25) is 0 Å². The lowest BCUT2D eigenvalue weighted by Gasteiger charge is -2.35. The lowest BCUT2D eigenvalue weighted by molar-refractivity contribution is -0.0586. The number of hydrogen-bond acceptors (Lipinski definition) is 3. The first kappa shape index (κ1) is 22.7. The van der Waals surface area contributed by atoms with Crippen molar-refractivity contribution in [3.63, 3.8) is 0 Å². The maximum Gasteiger partial charge on any atom is 0.254 e. The van der Waals surface area contributed by atoms with E-state index in [1.54, 1.807) is 0 Å². The average Bonchev–Trinajstić information content (AvgIpc) is 2.83. The van der Waals surface area contributed by atoms with Crippen LogP contribution in [-0.2, 0) is 17.7 Å². The van der Waals surface area contributed by atoms with E-state index in [0.29, 0.717) is 37.2 Å². The van der Waals surface area contributed by atoms with Crippen LogP contribution < -0.4 is 5.32 Å². The zero-order valence-corrected chi connectivity index (χ0v) is 19.2. The summed E-state index contributed by atoms with van der Waals surface area (Å²) in [5, 5.41) is 3.01. The van der Waals surface area contributed by atoms with E-state index < -0.39 is 0 Å². The minimum atomic E-state index is -0.0991. The molecule has 1 fully saturated rings. The Morgan fingerprint density at radius 1 is 0.848 bits per heavy atom. The van der Waals surface area contributed by atoms with Crippen LogP contribution in [0.1, 0.15) is 51.3 Å². The topological polar surface area (TPSA) is 58.6 Å². The van der Waals surface area contributed by atoms with Gasteiger partial charge < -0.3 is 15.0 Å². The molecule has 3 aromatic rings. The number of ether oxygens (including phenoxy) is 1. The molecule has 0 aromatic heterocycles. The molecular formula is C28H30N2O3. The number of rotatable bonds is 6. The van der Waals surface area contributed by atoms with Crippen LogP contribution in [0, 0.1) is 0 Å². The number of carbonyl (C=O) groups excluding carboxylic acids is 2. The van der Waals surface area contributed by atoms with E-state index in [2.05, 4.69) is 17.4 Å². The van der Waals surface area contributed by atoms with Crippen LogP contribution in [0.25, 0.3) is 0 Å². The SMILES string of the molecule is CC1CN(C(=O)c2ccc(CNC(=O)c3ccccc3Cc3ccccc3)cc2)CC(C)O1. The molecule has 1 aliphatic rings. The molecule has 170 valence electrons. The van der Waals surface area contributed by atoms with E-state index >= 15 is 0 Å². The summed E-state index contributed by atoms with van der Waals surface area (Å²) in [5.74, 6) is -0.0830. The van der Waals surface area contributed by atoms with E-state index in [-0.39, 0.29) is 24.0 Å². The van der Waals surface area contributed by atoms with Gasteiger partial charge in [-0.3, -0.25) is 9.59 Å². The summed E-state index contributed by atoms with van der Waals surface area (Å²) in [5.41, 5.74) is 4.45. The van der Waals surface area contributed by atoms with Crippen LogP contribution in [0.2, 0.25) is 0 Å². The molecule has 2 amide bonds. The predicted octanol–water partition coefficient (Wildman–Crippen LogP) is 4.46. The Bertz CT molecular complexity index is 1090. The zero-order valence-electron chi connectivity index (χ0n) is 19.2. The molecule has 3 aromatic carbocycles. The Morgan fingerprint density at radius 2 is 1.48 bits per heavy atom. The van der Waals surface area contributed by atoms with Gasteiger partial charge in [-0.2, -0.15) is 0 Å². The summed E-state index contributed by atoms with van der Waals surface area (Å²) >= 11 is 0. The number of nitrogens with zero attached hydrogens (tertiary/aromatic N) is 1. The second kappa shape index (κ2) is 10.5. The van der Waals surface area contributed by atoms with Crippen molar-refractivity contribution >= 4 is 11.8 Å². The summed E-state index contributed by atoms with van der Waals surface area (Å²) in [4.78, 5) is 27.6. The minimum absolute atomic E-state index is 0.0161. The van der Waals surface area contributed by atoms with Crippen molar-refractivity contribution in [2.24, 2.45) is 0 Å². The predicted molar refractivity (Wildman–Crippen MR) is 129 cm³/mol.